The Balaban J connectivity index is 1.57. The number of anilines is 2. The summed E-state index contributed by atoms with van der Waals surface area (Å²) in [7, 11) is 1.62. The summed E-state index contributed by atoms with van der Waals surface area (Å²) in [4.78, 5) is 26.6. The number of H-pyrrole nitrogens is 1. The molecule has 0 atom stereocenters. The molecule has 3 aromatic rings. The van der Waals surface area contributed by atoms with Crippen LogP contribution in [0.2, 0.25) is 0 Å². The molecule has 0 bridgehead atoms. The summed E-state index contributed by atoms with van der Waals surface area (Å²) >= 11 is 0. The molecule has 138 valence electrons. The van der Waals surface area contributed by atoms with Gasteiger partial charge in [0.1, 0.15) is 0 Å². The summed E-state index contributed by atoms with van der Waals surface area (Å²) in [6.07, 6.45) is 1.12. The Morgan fingerprint density at radius 2 is 2.11 bits per heavy atom. The maximum atomic E-state index is 12.6. The summed E-state index contributed by atoms with van der Waals surface area (Å²) in [5.41, 5.74) is 3.79. The largest absolute Gasteiger partial charge is 0.383 e. The highest BCUT2D eigenvalue weighted by atomic mass is 16.5. The number of nitrogens with zero attached hydrogens (tertiary/aromatic N) is 2. The summed E-state index contributed by atoms with van der Waals surface area (Å²) in [6.45, 7) is 1.00. The van der Waals surface area contributed by atoms with E-state index in [9.17, 15) is 9.59 Å². The summed E-state index contributed by atoms with van der Waals surface area (Å²) in [6, 6.07) is 13.1. The average Bonchev–Trinajstić information content (AvgIpc) is 3.11. The van der Waals surface area contributed by atoms with Crippen LogP contribution in [0.25, 0.3) is 10.9 Å². The van der Waals surface area contributed by atoms with Gasteiger partial charge in [-0.2, -0.15) is 5.10 Å². The number of rotatable bonds is 5. The Hall–Kier alpha value is -3.19. The molecule has 4 rings (SSSR count). The third-order valence-electron chi connectivity index (χ3n) is 4.74. The molecule has 7 heteroatoms. The van der Waals surface area contributed by atoms with E-state index in [4.69, 9.17) is 4.74 Å². The zero-order valence-corrected chi connectivity index (χ0v) is 15.0. The number of hydrogen-bond donors (Lipinski definition) is 2. The maximum absolute atomic E-state index is 12.6. The molecular formula is C20H20N4O3. The number of para-hydroxylation sites is 1. The van der Waals surface area contributed by atoms with Gasteiger partial charge in [-0.05, 0) is 36.2 Å². The van der Waals surface area contributed by atoms with Crippen molar-refractivity contribution < 1.29 is 14.3 Å². The van der Waals surface area contributed by atoms with Crippen LogP contribution in [0.1, 0.15) is 22.5 Å². The number of ether oxygens (including phenoxy) is 1. The second-order valence-electron chi connectivity index (χ2n) is 6.45. The van der Waals surface area contributed by atoms with Gasteiger partial charge in [0.25, 0.3) is 5.91 Å². The number of carbonyl (C=O) groups excluding carboxylic acids is 2. The molecule has 27 heavy (non-hydrogen) atoms. The first-order valence-corrected chi connectivity index (χ1v) is 8.84. The number of aromatic amines is 1. The fraction of sp³-hybridized carbons (Fsp3) is 0.250. The minimum atomic E-state index is -0.268. The molecular weight excluding hydrogens is 344 g/mol. The minimum Gasteiger partial charge on any atom is -0.383 e. The van der Waals surface area contributed by atoms with E-state index in [-0.39, 0.29) is 11.8 Å². The molecule has 0 saturated carbocycles. The fourth-order valence-electron chi connectivity index (χ4n) is 3.39. The van der Waals surface area contributed by atoms with Crippen molar-refractivity contribution in [3.8, 4) is 0 Å². The quantitative estimate of drug-likeness (QED) is 0.729. The Labute approximate surface area is 156 Å². The van der Waals surface area contributed by atoms with Crippen molar-refractivity contribution in [2.24, 2.45) is 0 Å². The van der Waals surface area contributed by atoms with Crippen LogP contribution >= 0.6 is 0 Å². The van der Waals surface area contributed by atoms with Crippen molar-refractivity contribution in [3.05, 3.63) is 53.7 Å². The van der Waals surface area contributed by atoms with E-state index in [1.807, 2.05) is 42.5 Å². The number of amides is 2. The number of nitrogens with one attached hydrogen (secondary N) is 2. The highest BCUT2D eigenvalue weighted by molar-refractivity contribution is 6.11. The van der Waals surface area contributed by atoms with Crippen molar-refractivity contribution in [2.45, 2.75) is 12.8 Å². The van der Waals surface area contributed by atoms with Crippen LogP contribution in [0.3, 0.4) is 0 Å². The lowest BCUT2D eigenvalue weighted by Gasteiger charge is -2.29. The van der Waals surface area contributed by atoms with Gasteiger partial charge < -0.3 is 15.0 Å². The number of carbonyl (C=O) groups is 2. The first-order chi connectivity index (χ1) is 13.2. The predicted molar refractivity (Wildman–Crippen MR) is 103 cm³/mol. The van der Waals surface area contributed by atoms with Crippen molar-refractivity contribution in [1.29, 1.82) is 0 Å². The second-order valence-corrected chi connectivity index (χ2v) is 6.45. The molecule has 1 aliphatic heterocycles. The Kier molecular flexibility index (Phi) is 4.60. The lowest BCUT2D eigenvalue weighted by molar-refractivity contribution is -0.119. The normalized spacial score (nSPS) is 13.7. The Bertz CT molecular complexity index is 1010. The second kappa shape index (κ2) is 7.20. The molecule has 0 spiro atoms. The van der Waals surface area contributed by atoms with Crippen molar-refractivity contribution >= 4 is 34.1 Å². The molecule has 0 aliphatic carbocycles. The van der Waals surface area contributed by atoms with E-state index in [2.05, 4.69) is 15.5 Å². The van der Waals surface area contributed by atoms with Gasteiger partial charge in [0.05, 0.1) is 12.1 Å². The van der Waals surface area contributed by atoms with Crippen LogP contribution in [0.4, 0.5) is 11.4 Å². The van der Waals surface area contributed by atoms with Crippen LogP contribution in [0, 0.1) is 0 Å². The smallest absolute Gasteiger partial charge is 0.276 e. The van der Waals surface area contributed by atoms with Crippen LogP contribution in [0.15, 0.2) is 42.5 Å². The zero-order valence-electron chi connectivity index (χ0n) is 15.0. The number of methoxy groups -OCH3 is 1. The molecule has 0 saturated heterocycles. The van der Waals surface area contributed by atoms with Crippen LogP contribution in [-0.2, 0) is 16.0 Å². The molecule has 2 amide bonds. The zero-order chi connectivity index (χ0) is 18.8. The highest BCUT2D eigenvalue weighted by Crippen LogP contribution is 2.30. The minimum absolute atomic E-state index is 0.0966. The van der Waals surface area contributed by atoms with Gasteiger partial charge in [-0.25, -0.2) is 0 Å². The Morgan fingerprint density at radius 1 is 1.26 bits per heavy atom. The summed E-state index contributed by atoms with van der Waals surface area (Å²) in [5, 5.41) is 10.7. The van der Waals surface area contributed by atoms with Gasteiger partial charge in [-0.15, -0.1) is 0 Å². The summed E-state index contributed by atoms with van der Waals surface area (Å²) < 4.78 is 5.10. The van der Waals surface area contributed by atoms with Gasteiger partial charge in [-0.1, -0.05) is 18.2 Å². The molecule has 0 unspecified atom stereocenters. The topological polar surface area (TPSA) is 87.3 Å². The van der Waals surface area contributed by atoms with Crippen LogP contribution in [-0.4, -0.2) is 42.3 Å². The van der Waals surface area contributed by atoms with Crippen molar-refractivity contribution in [2.75, 3.05) is 30.5 Å². The molecule has 2 N–H and O–H groups in total. The number of hydrogen-bond acceptors (Lipinski definition) is 4. The first-order valence-electron chi connectivity index (χ1n) is 8.84. The van der Waals surface area contributed by atoms with E-state index in [1.165, 1.54) is 0 Å². The Morgan fingerprint density at radius 3 is 2.96 bits per heavy atom. The average molecular weight is 364 g/mol. The van der Waals surface area contributed by atoms with Crippen molar-refractivity contribution in [3.63, 3.8) is 0 Å². The standard InChI is InChI=1S/C20H20N4O3/c1-27-11-10-24-17-8-7-14(12-13(17)6-9-18(24)25)21-20(26)19-15-4-2-3-5-16(15)22-23-19/h2-5,7-8,12H,6,9-11H2,1H3,(H,21,26)(H,22,23). The van der Waals surface area contributed by atoms with Crippen LogP contribution < -0.4 is 10.2 Å². The number of fused-ring (bicyclic) bond motifs is 2. The molecule has 2 heterocycles. The number of benzene rings is 2. The SMILES string of the molecule is COCCN1C(=O)CCc2cc(NC(=O)c3n[nH]c4ccccc34)ccc21. The molecule has 0 fully saturated rings. The number of aromatic nitrogens is 2. The number of aryl methyl sites for hydroxylation is 1. The summed E-state index contributed by atoms with van der Waals surface area (Å²) in [5.74, 6) is -0.171. The van der Waals surface area contributed by atoms with E-state index >= 15 is 0 Å². The van der Waals surface area contributed by atoms with E-state index in [1.54, 1.807) is 12.0 Å². The molecule has 0 radical (unpaired) electrons. The van der Waals surface area contributed by atoms with Gasteiger partial charge in [-0.3, -0.25) is 14.7 Å². The molecule has 1 aromatic heterocycles. The van der Waals surface area contributed by atoms with Gasteiger partial charge in [0.15, 0.2) is 5.69 Å². The predicted octanol–water partition coefficient (Wildman–Crippen LogP) is 2.74. The fourth-order valence-corrected chi connectivity index (χ4v) is 3.39. The van der Waals surface area contributed by atoms with Gasteiger partial charge in [0.2, 0.25) is 5.91 Å². The first kappa shape index (κ1) is 17.2. The van der Waals surface area contributed by atoms with E-state index in [0.717, 1.165) is 22.2 Å². The monoisotopic (exact) mass is 364 g/mol. The lowest BCUT2D eigenvalue weighted by atomic mass is 10.0. The highest BCUT2D eigenvalue weighted by Gasteiger charge is 2.24. The van der Waals surface area contributed by atoms with E-state index in [0.29, 0.717) is 37.4 Å². The van der Waals surface area contributed by atoms with Gasteiger partial charge in [0, 0.05) is 36.8 Å². The molecule has 2 aromatic carbocycles. The third kappa shape index (κ3) is 3.29. The van der Waals surface area contributed by atoms with Gasteiger partial charge >= 0.3 is 0 Å². The molecule has 7 nitrogen and oxygen atoms in total. The third-order valence-corrected chi connectivity index (χ3v) is 4.74. The van der Waals surface area contributed by atoms with Crippen LogP contribution in [0.5, 0.6) is 0 Å². The lowest BCUT2D eigenvalue weighted by Crippen LogP contribution is -2.37. The molecule has 1 aliphatic rings. The van der Waals surface area contributed by atoms with Crippen molar-refractivity contribution in [1.82, 2.24) is 10.2 Å². The maximum Gasteiger partial charge on any atom is 0.276 e. The van der Waals surface area contributed by atoms with E-state index < -0.39 is 0 Å².